The van der Waals surface area contributed by atoms with Crippen molar-refractivity contribution in [3.05, 3.63) is 27.8 Å². The lowest BCUT2D eigenvalue weighted by Gasteiger charge is -2.54. The van der Waals surface area contributed by atoms with Crippen molar-refractivity contribution < 1.29 is 18.4 Å². The van der Waals surface area contributed by atoms with Crippen LogP contribution in [0.3, 0.4) is 0 Å². The smallest absolute Gasteiger partial charge is 0.293 e. The molecular formula is C19H25F2N3O3. The van der Waals surface area contributed by atoms with Crippen LogP contribution in [-0.2, 0) is 6.42 Å². The molecule has 3 aliphatic heterocycles. The maximum absolute atomic E-state index is 12.5. The van der Waals surface area contributed by atoms with Gasteiger partial charge in [0.05, 0.1) is 11.5 Å². The number of anilines is 1. The first kappa shape index (κ1) is 18.4. The molecule has 2 saturated heterocycles. The number of alkyl halides is 2. The lowest BCUT2D eigenvalue weighted by atomic mass is 9.72. The summed E-state index contributed by atoms with van der Waals surface area (Å²) in [4.78, 5) is 15.2. The number of halogens is 2. The number of ether oxygens (including phenoxy) is 1. The van der Waals surface area contributed by atoms with E-state index in [0.29, 0.717) is 38.3 Å². The van der Waals surface area contributed by atoms with Crippen molar-refractivity contribution in [2.45, 2.75) is 45.1 Å². The third-order valence-corrected chi connectivity index (χ3v) is 6.04. The molecule has 0 amide bonds. The zero-order valence-electron chi connectivity index (χ0n) is 15.7. The van der Waals surface area contributed by atoms with Gasteiger partial charge >= 0.3 is 0 Å². The van der Waals surface area contributed by atoms with Crippen LogP contribution in [0.4, 0.5) is 20.2 Å². The van der Waals surface area contributed by atoms with E-state index in [4.69, 9.17) is 4.74 Å². The number of rotatable bonds is 4. The number of nitro groups is 1. The van der Waals surface area contributed by atoms with E-state index in [2.05, 4.69) is 0 Å². The molecule has 0 N–H and O–H groups in total. The van der Waals surface area contributed by atoms with Gasteiger partial charge in [0, 0.05) is 50.3 Å². The standard InChI is InChI=1S/C19H25F2N3O3/c1-18(2)9-13-7-15(24(25)26)14(8-16(13)27-18)23-5-3-19(4-6-23)11-22(12-19)10-17(20)21/h7-8,17H,3-6,9-12H2,1-2H3. The summed E-state index contributed by atoms with van der Waals surface area (Å²) in [5.74, 6) is 0.729. The quantitative estimate of drug-likeness (QED) is 0.590. The van der Waals surface area contributed by atoms with Crippen molar-refractivity contribution in [3.8, 4) is 5.75 Å². The second-order valence-electron chi connectivity index (χ2n) is 8.79. The molecule has 1 aromatic rings. The minimum Gasteiger partial charge on any atom is -0.487 e. The lowest BCUT2D eigenvalue weighted by Crippen LogP contribution is -2.61. The number of hydrogen-bond acceptors (Lipinski definition) is 5. The Balaban J connectivity index is 1.48. The minimum absolute atomic E-state index is 0.0926. The summed E-state index contributed by atoms with van der Waals surface area (Å²) in [6, 6.07) is 3.46. The fraction of sp³-hybridized carbons (Fsp3) is 0.684. The molecule has 0 bridgehead atoms. The highest BCUT2D eigenvalue weighted by molar-refractivity contribution is 5.69. The number of hydrogen-bond donors (Lipinski definition) is 0. The highest BCUT2D eigenvalue weighted by atomic mass is 19.3. The van der Waals surface area contributed by atoms with Crippen LogP contribution in [0.1, 0.15) is 32.3 Å². The molecule has 0 aromatic heterocycles. The second kappa shape index (κ2) is 6.29. The van der Waals surface area contributed by atoms with Gasteiger partial charge in [-0.1, -0.05) is 0 Å². The fourth-order valence-electron chi connectivity index (χ4n) is 4.79. The zero-order valence-corrected chi connectivity index (χ0v) is 15.7. The molecule has 6 nitrogen and oxygen atoms in total. The Morgan fingerprint density at radius 2 is 1.93 bits per heavy atom. The number of nitro benzene ring substituents is 1. The molecule has 3 heterocycles. The molecule has 0 unspecified atom stereocenters. The molecular weight excluding hydrogens is 356 g/mol. The van der Waals surface area contributed by atoms with Gasteiger partial charge in [0.15, 0.2) is 0 Å². The number of fused-ring (bicyclic) bond motifs is 1. The first-order valence-electron chi connectivity index (χ1n) is 9.42. The third-order valence-electron chi connectivity index (χ3n) is 6.04. The van der Waals surface area contributed by atoms with E-state index in [0.717, 1.165) is 24.2 Å². The summed E-state index contributed by atoms with van der Waals surface area (Å²) in [6.45, 7) is 6.60. The summed E-state index contributed by atoms with van der Waals surface area (Å²) in [7, 11) is 0. The molecule has 1 aromatic carbocycles. The summed E-state index contributed by atoms with van der Waals surface area (Å²) < 4.78 is 31.0. The Morgan fingerprint density at radius 3 is 2.52 bits per heavy atom. The molecule has 8 heteroatoms. The number of piperidine rings is 1. The van der Waals surface area contributed by atoms with Gasteiger partial charge in [-0.25, -0.2) is 8.78 Å². The normalized spacial score (nSPS) is 23.2. The zero-order chi connectivity index (χ0) is 19.4. The summed E-state index contributed by atoms with van der Waals surface area (Å²) in [6.07, 6.45) is 0.105. The Kier molecular flexibility index (Phi) is 4.29. The predicted octanol–water partition coefficient (Wildman–Crippen LogP) is 3.48. The largest absolute Gasteiger partial charge is 0.487 e. The van der Waals surface area contributed by atoms with E-state index in [1.807, 2.05) is 24.8 Å². The Labute approximate surface area is 157 Å². The Morgan fingerprint density at radius 1 is 1.26 bits per heavy atom. The van der Waals surface area contributed by atoms with Gasteiger partial charge in [0.2, 0.25) is 0 Å². The van der Waals surface area contributed by atoms with Crippen LogP contribution in [0.25, 0.3) is 0 Å². The average molecular weight is 381 g/mol. The van der Waals surface area contributed by atoms with Crippen LogP contribution >= 0.6 is 0 Å². The number of likely N-dealkylation sites (tertiary alicyclic amines) is 1. The van der Waals surface area contributed by atoms with Gasteiger partial charge < -0.3 is 9.64 Å². The lowest BCUT2D eigenvalue weighted by molar-refractivity contribution is -0.384. The van der Waals surface area contributed by atoms with E-state index in [-0.39, 0.29) is 28.2 Å². The van der Waals surface area contributed by atoms with E-state index in [1.54, 1.807) is 11.0 Å². The number of benzene rings is 1. The monoisotopic (exact) mass is 381 g/mol. The van der Waals surface area contributed by atoms with Gasteiger partial charge in [-0.05, 0) is 32.1 Å². The summed E-state index contributed by atoms with van der Waals surface area (Å²) in [5.41, 5.74) is 1.36. The average Bonchev–Trinajstić information content (AvgIpc) is 2.85. The van der Waals surface area contributed by atoms with Crippen molar-refractivity contribution >= 4 is 11.4 Å². The highest BCUT2D eigenvalue weighted by Crippen LogP contribution is 2.46. The Bertz CT molecular complexity index is 753. The van der Waals surface area contributed by atoms with E-state index >= 15 is 0 Å². The first-order chi connectivity index (χ1) is 12.7. The molecule has 0 aliphatic carbocycles. The molecule has 1 spiro atoms. The fourth-order valence-corrected chi connectivity index (χ4v) is 4.79. The van der Waals surface area contributed by atoms with Gasteiger partial charge in [-0.2, -0.15) is 0 Å². The van der Waals surface area contributed by atoms with Gasteiger partial charge in [-0.3, -0.25) is 15.0 Å². The maximum Gasteiger partial charge on any atom is 0.293 e. The molecule has 0 atom stereocenters. The Hall–Kier alpha value is -1.96. The van der Waals surface area contributed by atoms with Crippen LogP contribution < -0.4 is 9.64 Å². The van der Waals surface area contributed by atoms with E-state index < -0.39 is 6.43 Å². The topological polar surface area (TPSA) is 58.9 Å². The SMILES string of the molecule is CC1(C)Cc2cc([N+](=O)[O-])c(N3CCC4(CC3)CN(CC(F)F)C4)cc2O1. The number of nitrogens with zero attached hydrogens (tertiary/aromatic N) is 3. The molecule has 0 radical (unpaired) electrons. The second-order valence-corrected chi connectivity index (χ2v) is 8.79. The van der Waals surface area contributed by atoms with Crippen LogP contribution in [-0.4, -0.2) is 54.6 Å². The van der Waals surface area contributed by atoms with Crippen LogP contribution in [0.2, 0.25) is 0 Å². The third kappa shape index (κ3) is 3.47. The van der Waals surface area contributed by atoms with Gasteiger partial charge in [-0.15, -0.1) is 0 Å². The van der Waals surface area contributed by atoms with E-state index in [1.165, 1.54) is 0 Å². The summed E-state index contributed by atoms with van der Waals surface area (Å²) >= 11 is 0. The first-order valence-corrected chi connectivity index (χ1v) is 9.42. The van der Waals surface area contributed by atoms with Crippen LogP contribution in [0, 0.1) is 15.5 Å². The molecule has 27 heavy (non-hydrogen) atoms. The molecule has 0 saturated carbocycles. The van der Waals surface area contributed by atoms with E-state index in [9.17, 15) is 18.9 Å². The maximum atomic E-state index is 12.5. The van der Waals surface area contributed by atoms with Crippen molar-refractivity contribution in [2.24, 2.45) is 5.41 Å². The van der Waals surface area contributed by atoms with Crippen LogP contribution in [0.15, 0.2) is 12.1 Å². The van der Waals surface area contributed by atoms with Crippen molar-refractivity contribution in [3.63, 3.8) is 0 Å². The van der Waals surface area contributed by atoms with Crippen molar-refractivity contribution in [2.75, 3.05) is 37.6 Å². The molecule has 3 aliphatic rings. The molecule has 148 valence electrons. The van der Waals surface area contributed by atoms with Gasteiger partial charge in [0.1, 0.15) is 17.0 Å². The molecule has 2 fully saturated rings. The molecule has 4 rings (SSSR count). The predicted molar refractivity (Wildman–Crippen MR) is 97.8 cm³/mol. The minimum atomic E-state index is -2.29. The van der Waals surface area contributed by atoms with Crippen molar-refractivity contribution in [1.82, 2.24) is 4.90 Å². The summed E-state index contributed by atoms with van der Waals surface area (Å²) in [5, 5.41) is 11.6. The van der Waals surface area contributed by atoms with Crippen LogP contribution in [0.5, 0.6) is 5.75 Å². The van der Waals surface area contributed by atoms with Gasteiger partial charge in [0.25, 0.3) is 12.1 Å². The highest BCUT2D eigenvalue weighted by Gasteiger charge is 2.46. The van der Waals surface area contributed by atoms with Crippen molar-refractivity contribution in [1.29, 1.82) is 0 Å².